The second kappa shape index (κ2) is 5.81. The predicted molar refractivity (Wildman–Crippen MR) is 70.6 cm³/mol. The van der Waals surface area contributed by atoms with Crippen LogP contribution in [-0.2, 0) is 16.0 Å². The molecule has 1 aromatic rings. The minimum Gasteiger partial charge on any atom is -0.309 e. The number of nitrogens with two attached hydrogens (primary N) is 1. The molecule has 1 aliphatic heterocycles. The second-order valence-electron chi connectivity index (χ2n) is 4.19. The molecule has 0 unspecified atom stereocenters. The SMILES string of the molecule is Cl.NC1(CCc2ccccc2)C(=O)NC(=O)NC1=O. The van der Waals surface area contributed by atoms with Crippen molar-refractivity contribution in [2.24, 2.45) is 5.73 Å². The van der Waals surface area contributed by atoms with Gasteiger partial charge < -0.3 is 5.73 Å². The van der Waals surface area contributed by atoms with Gasteiger partial charge in [0.1, 0.15) is 0 Å². The van der Waals surface area contributed by atoms with Crippen molar-refractivity contribution >= 4 is 30.3 Å². The third kappa shape index (κ3) is 3.10. The number of hydrogen-bond donors (Lipinski definition) is 3. The Morgan fingerprint density at radius 2 is 1.53 bits per heavy atom. The van der Waals surface area contributed by atoms with Gasteiger partial charge in [0.2, 0.25) is 0 Å². The fourth-order valence-corrected chi connectivity index (χ4v) is 1.78. The molecule has 7 heteroatoms. The van der Waals surface area contributed by atoms with E-state index in [1.807, 2.05) is 41.0 Å². The van der Waals surface area contributed by atoms with E-state index in [1.54, 1.807) is 0 Å². The number of imide groups is 2. The Labute approximate surface area is 116 Å². The molecule has 0 aliphatic carbocycles. The molecule has 102 valence electrons. The monoisotopic (exact) mass is 283 g/mol. The number of rotatable bonds is 3. The van der Waals surface area contributed by atoms with Crippen molar-refractivity contribution in [2.75, 3.05) is 0 Å². The summed E-state index contributed by atoms with van der Waals surface area (Å²) < 4.78 is 0. The number of barbiturate groups is 1. The highest BCUT2D eigenvalue weighted by atomic mass is 35.5. The van der Waals surface area contributed by atoms with Crippen LogP contribution in [0, 0.1) is 0 Å². The van der Waals surface area contributed by atoms with Crippen molar-refractivity contribution in [2.45, 2.75) is 18.4 Å². The van der Waals surface area contributed by atoms with E-state index in [-0.39, 0.29) is 18.8 Å². The molecule has 1 aromatic carbocycles. The van der Waals surface area contributed by atoms with Crippen LogP contribution in [0.2, 0.25) is 0 Å². The molecule has 1 fully saturated rings. The third-order valence-electron chi connectivity index (χ3n) is 2.92. The lowest BCUT2D eigenvalue weighted by Crippen LogP contribution is -2.71. The Morgan fingerprint density at radius 3 is 2.05 bits per heavy atom. The average molecular weight is 284 g/mol. The molecule has 1 heterocycles. The fourth-order valence-electron chi connectivity index (χ4n) is 1.78. The van der Waals surface area contributed by atoms with Gasteiger partial charge in [0.15, 0.2) is 5.54 Å². The summed E-state index contributed by atoms with van der Waals surface area (Å²) in [7, 11) is 0. The quantitative estimate of drug-likeness (QED) is 0.685. The van der Waals surface area contributed by atoms with Crippen LogP contribution in [0.1, 0.15) is 12.0 Å². The normalized spacial score (nSPS) is 17.2. The Morgan fingerprint density at radius 1 is 1.00 bits per heavy atom. The minimum atomic E-state index is -1.69. The maximum absolute atomic E-state index is 11.6. The highest BCUT2D eigenvalue weighted by Gasteiger charge is 2.46. The number of nitrogens with one attached hydrogen (secondary N) is 2. The molecular formula is C12H14ClN3O3. The number of aryl methyl sites for hydroxylation is 1. The van der Waals surface area contributed by atoms with Crippen molar-refractivity contribution in [3.63, 3.8) is 0 Å². The van der Waals surface area contributed by atoms with Gasteiger partial charge >= 0.3 is 6.03 Å². The fraction of sp³-hybridized carbons (Fsp3) is 0.250. The summed E-state index contributed by atoms with van der Waals surface area (Å²) in [5.41, 5.74) is 5.06. The highest BCUT2D eigenvalue weighted by molar-refractivity contribution is 6.22. The van der Waals surface area contributed by atoms with Crippen molar-refractivity contribution in [3.8, 4) is 0 Å². The minimum absolute atomic E-state index is 0. The van der Waals surface area contributed by atoms with Gasteiger partial charge in [-0.3, -0.25) is 20.2 Å². The highest BCUT2D eigenvalue weighted by Crippen LogP contribution is 2.15. The Hall–Kier alpha value is -1.92. The van der Waals surface area contributed by atoms with Crippen LogP contribution < -0.4 is 16.4 Å². The molecule has 0 saturated carbocycles. The topological polar surface area (TPSA) is 101 Å². The molecule has 6 nitrogen and oxygen atoms in total. The Bertz CT molecular complexity index is 484. The molecule has 4 N–H and O–H groups in total. The van der Waals surface area contributed by atoms with Crippen LogP contribution in [0.5, 0.6) is 0 Å². The molecule has 4 amide bonds. The maximum Gasteiger partial charge on any atom is 0.328 e. The molecule has 19 heavy (non-hydrogen) atoms. The van der Waals surface area contributed by atoms with E-state index in [9.17, 15) is 14.4 Å². The first-order chi connectivity index (χ1) is 8.52. The van der Waals surface area contributed by atoms with Crippen LogP contribution in [0.25, 0.3) is 0 Å². The van der Waals surface area contributed by atoms with Crippen molar-refractivity contribution in [3.05, 3.63) is 35.9 Å². The van der Waals surface area contributed by atoms with Gasteiger partial charge in [0.25, 0.3) is 11.8 Å². The number of halogens is 1. The molecule has 1 aliphatic rings. The first-order valence-electron chi connectivity index (χ1n) is 5.52. The van der Waals surface area contributed by atoms with Crippen LogP contribution in [-0.4, -0.2) is 23.4 Å². The number of hydrogen-bond acceptors (Lipinski definition) is 4. The number of benzene rings is 1. The van der Waals surface area contributed by atoms with E-state index in [1.165, 1.54) is 0 Å². The van der Waals surface area contributed by atoms with Gasteiger partial charge in [0.05, 0.1) is 0 Å². The van der Waals surface area contributed by atoms with Crippen LogP contribution in [0.3, 0.4) is 0 Å². The Balaban J connectivity index is 0.00000180. The molecule has 2 rings (SSSR count). The molecule has 0 aromatic heterocycles. The van der Waals surface area contributed by atoms with Gasteiger partial charge in [-0.1, -0.05) is 30.3 Å². The standard InChI is InChI=1S/C12H13N3O3.ClH/c13-12(7-6-8-4-2-1-3-5-8)9(16)14-11(18)15-10(12)17;/h1-5H,6-7,13H2,(H2,14,15,16,17,18);1H. The number of urea groups is 1. The second-order valence-corrected chi connectivity index (χ2v) is 4.19. The summed E-state index contributed by atoms with van der Waals surface area (Å²) in [5, 5.41) is 4.00. The molecule has 0 spiro atoms. The smallest absolute Gasteiger partial charge is 0.309 e. The summed E-state index contributed by atoms with van der Waals surface area (Å²) >= 11 is 0. The zero-order chi connectivity index (χ0) is 13.2. The van der Waals surface area contributed by atoms with E-state index in [0.717, 1.165) is 5.56 Å². The number of amides is 4. The first kappa shape index (κ1) is 15.1. The number of carbonyl (C=O) groups excluding carboxylic acids is 3. The Kier molecular flexibility index (Phi) is 4.63. The average Bonchev–Trinajstić information content (AvgIpc) is 2.35. The lowest BCUT2D eigenvalue weighted by Gasteiger charge is -2.30. The zero-order valence-corrected chi connectivity index (χ0v) is 10.8. The van der Waals surface area contributed by atoms with Crippen molar-refractivity contribution in [1.82, 2.24) is 10.6 Å². The largest absolute Gasteiger partial charge is 0.328 e. The lowest BCUT2D eigenvalue weighted by atomic mass is 9.89. The van der Waals surface area contributed by atoms with E-state index in [0.29, 0.717) is 6.42 Å². The van der Waals surface area contributed by atoms with Crippen molar-refractivity contribution in [1.29, 1.82) is 0 Å². The van der Waals surface area contributed by atoms with Gasteiger partial charge in [-0.15, -0.1) is 12.4 Å². The lowest BCUT2D eigenvalue weighted by molar-refractivity contribution is -0.138. The molecule has 0 atom stereocenters. The van der Waals surface area contributed by atoms with Gasteiger partial charge in [0, 0.05) is 0 Å². The summed E-state index contributed by atoms with van der Waals surface area (Å²) in [6.45, 7) is 0. The van der Waals surface area contributed by atoms with Crippen LogP contribution >= 0.6 is 12.4 Å². The van der Waals surface area contributed by atoms with Crippen LogP contribution in [0.15, 0.2) is 30.3 Å². The predicted octanol–water partition coefficient (Wildman–Crippen LogP) is 0.104. The van der Waals surface area contributed by atoms with E-state index in [2.05, 4.69) is 0 Å². The molecule has 0 bridgehead atoms. The van der Waals surface area contributed by atoms with E-state index >= 15 is 0 Å². The molecular weight excluding hydrogens is 270 g/mol. The third-order valence-corrected chi connectivity index (χ3v) is 2.92. The molecule has 0 radical (unpaired) electrons. The maximum atomic E-state index is 11.6. The summed E-state index contributed by atoms with van der Waals surface area (Å²) in [6.07, 6.45) is 0.619. The summed E-state index contributed by atoms with van der Waals surface area (Å²) in [5.74, 6) is -1.51. The summed E-state index contributed by atoms with van der Waals surface area (Å²) in [4.78, 5) is 34.2. The van der Waals surface area contributed by atoms with E-state index < -0.39 is 23.4 Å². The van der Waals surface area contributed by atoms with Crippen molar-refractivity contribution < 1.29 is 14.4 Å². The van der Waals surface area contributed by atoms with Gasteiger partial charge in [-0.25, -0.2) is 4.79 Å². The zero-order valence-electron chi connectivity index (χ0n) is 10.0. The first-order valence-corrected chi connectivity index (χ1v) is 5.52. The summed E-state index contributed by atoms with van der Waals surface area (Å²) in [6, 6.07) is 8.54. The van der Waals surface area contributed by atoms with E-state index in [4.69, 9.17) is 5.73 Å². The number of carbonyl (C=O) groups is 3. The molecule has 1 saturated heterocycles. The van der Waals surface area contributed by atoms with Gasteiger partial charge in [-0.2, -0.15) is 0 Å². The van der Waals surface area contributed by atoms with Gasteiger partial charge in [-0.05, 0) is 18.4 Å². The van der Waals surface area contributed by atoms with Crippen LogP contribution in [0.4, 0.5) is 4.79 Å².